The highest BCUT2D eigenvalue weighted by Crippen LogP contribution is 2.37. The summed E-state index contributed by atoms with van der Waals surface area (Å²) in [6.07, 6.45) is 1.93. The zero-order valence-corrected chi connectivity index (χ0v) is 11.0. The predicted octanol–water partition coefficient (Wildman–Crippen LogP) is 2.73. The van der Waals surface area contributed by atoms with E-state index in [0.29, 0.717) is 24.7 Å². The molecule has 0 N–H and O–H groups in total. The molecule has 86 valence electrons. The van der Waals surface area contributed by atoms with Gasteiger partial charge in [0.05, 0.1) is 13.2 Å². The molecule has 0 aliphatic rings. The Labute approximate surface area is 105 Å². The van der Waals surface area contributed by atoms with Crippen LogP contribution in [0.1, 0.15) is 26.7 Å². The fraction of sp³-hybridized carbons (Fsp3) is 0.500. The molecule has 0 spiro atoms. The molecular weight excluding hydrogens is 219 g/mol. The van der Waals surface area contributed by atoms with E-state index in [4.69, 9.17) is 13.3 Å². The quantitative estimate of drug-likeness (QED) is 0.681. The van der Waals surface area contributed by atoms with Crippen LogP contribution >= 0.6 is 0 Å². The van der Waals surface area contributed by atoms with E-state index >= 15 is 0 Å². The summed E-state index contributed by atoms with van der Waals surface area (Å²) in [5.41, 5.74) is 0. The van der Waals surface area contributed by atoms with E-state index in [2.05, 4.69) is 30.5 Å². The minimum absolute atomic E-state index is 0.660. The van der Waals surface area contributed by atoms with Gasteiger partial charge in [0.25, 0.3) is 0 Å². The Bertz CT molecular complexity index is 315. The van der Waals surface area contributed by atoms with Gasteiger partial charge in [-0.25, -0.2) is 0 Å². The van der Waals surface area contributed by atoms with Crippen LogP contribution in [0.3, 0.4) is 0 Å². The van der Waals surface area contributed by atoms with Crippen LogP contribution in [0.4, 0.5) is 0 Å². The minimum atomic E-state index is 0.660. The first-order chi connectivity index (χ1) is 7.83. The molecule has 0 aliphatic heterocycles. The van der Waals surface area contributed by atoms with Crippen molar-refractivity contribution in [2.75, 3.05) is 13.2 Å². The van der Waals surface area contributed by atoms with Gasteiger partial charge in [0.2, 0.25) is 0 Å². The average Bonchev–Trinajstić information content (AvgIpc) is 2.33. The SMILES string of the molecule is CCCOc1cccc([O][Al])c1OCCC. The van der Waals surface area contributed by atoms with Gasteiger partial charge < -0.3 is 13.3 Å². The number of para-hydroxylation sites is 1. The van der Waals surface area contributed by atoms with Gasteiger partial charge in [0.1, 0.15) is 5.75 Å². The molecule has 1 aromatic carbocycles. The summed E-state index contributed by atoms with van der Waals surface area (Å²) in [5.74, 6) is 2.12. The van der Waals surface area contributed by atoms with Gasteiger partial charge in [-0.2, -0.15) is 0 Å². The molecular formula is C12H17AlO3. The molecule has 0 saturated heterocycles. The Morgan fingerprint density at radius 2 is 1.62 bits per heavy atom. The zero-order chi connectivity index (χ0) is 11.8. The normalized spacial score (nSPS) is 9.88. The summed E-state index contributed by atoms with van der Waals surface area (Å²) in [5, 5.41) is 0. The lowest BCUT2D eigenvalue weighted by atomic mass is 10.3. The largest absolute Gasteiger partial charge is 0.651 e. The number of benzene rings is 1. The molecule has 4 heteroatoms. The summed E-state index contributed by atoms with van der Waals surface area (Å²) < 4.78 is 16.4. The second-order valence-corrected chi connectivity index (χ2v) is 3.63. The van der Waals surface area contributed by atoms with Gasteiger partial charge in [0.15, 0.2) is 11.5 Å². The summed E-state index contributed by atoms with van der Waals surface area (Å²) in [6, 6.07) is 5.65. The lowest BCUT2D eigenvalue weighted by Gasteiger charge is -2.16. The molecule has 0 aliphatic carbocycles. The highest BCUT2D eigenvalue weighted by molar-refractivity contribution is 6.00. The molecule has 0 unspecified atom stereocenters. The maximum Gasteiger partial charge on any atom is 0.482 e. The standard InChI is InChI=1S/C12H18O3.Al/c1-3-8-14-11-7-5-6-10(13)12(11)15-9-4-2;/h5-7,13H,3-4,8-9H2,1-2H3;/q;+1/p-1. The Hall–Kier alpha value is -0.848. The Morgan fingerprint density at radius 3 is 2.25 bits per heavy atom. The molecule has 3 nitrogen and oxygen atoms in total. The lowest BCUT2D eigenvalue weighted by Crippen LogP contribution is -2.03. The minimum Gasteiger partial charge on any atom is -0.651 e. The van der Waals surface area contributed by atoms with Crippen LogP contribution < -0.4 is 13.3 Å². The zero-order valence-electron chi connectivity index (χ0n) is 9.86. The summed E-state index contributed by atoms with van der Waals surface area (Å²) >= 11 is 2.23. The van der Waals surface area contributed by atoms with Crippen molar-refractivity contribution < 1.29 is 13.3 Å². The molecule has 16 heavy (non-hydrogen) atoms. The monoisotopic (exact) mass is 236 g/mol. The van der Waals surface area contributed by atoms with Crippen molar-refractivity contribution in [3.05, 3.63) is 18.2 Å². The molecule has 0 atom stereocenters. The van der Waals surface area contributed by atoms with Crippen LogP contribution in [-0.2, 0) is 0 Å². The summed E-state index contributed by atoms with van der Waals surface area (Å²) in [4.78, 5) is 0. The number of hydrogen-bond acceptors (Lipinski definition) is 3. The van der Waals surface area contributed by atoms with Crippen LogP contribution in [0.2, 0.25) is 0 Å². The van der Waals surface area contributed by atoms with Crippen molar-refractivity contribution >= 4 is 16.6 Å². The van der Waals surface area contributed by atoms with Crippen molar-refractivity contribution in [2.24, 2.45) is 0 Å². The first-order valence-corrected chi connectivity index (χ1v) is 6.06. The van der Waals surface area contributed by atoms with Crippen molar-refractivity contribution in [1.82, 2.24) is 0 Å². The van der Waals surface area contributed by atoms with E-state index in [1.165, 1.54) is 0 Å². The predicted molar refractivity (Wildman–Crippen MR) is 64.4 cm³/mol. The molecule has 2 radical (unpaired) electrons. The van der Waals surface area contributed by atoms with Gasteiger partial charge in [0, 0.05) is 0 Å². The van der Waals surface area contributed by atoms with Gasteiger partial charge in [-0.15, -0.1) is 0 Å². The van der Waals surface area contributed by atoms with E-state index in [-0.39, 0.29) is 0 Å². The van der Waals surface area contributed by atoms with Gasteiger partial charge >= 0.3 is 16.6 Å². The highest BCUT2D eigenvalue weighted by atomic mass is 27.1. The van der Waals surface area contributed by atoms with Crippen LogP contribution in [0.25, 0.3) is 0 Å². The molecule has 1 aromatic rings. The summed E-state index contributed by atoms with van der Waals surface area (Å²) in [7, 11) is 0. The van der Waals surface area contributed by atoms with Crippen LogP contribution in [0.15, 0.2) is 18.2 Å². The fourth-order valence-electron chi connectivity index (χ4n) is 1.26. The fourth-order valence-corrected chi connectivity index (χ4v) is 1.45. The van der Waals surface area contributed by atoms with E-state index in [1.54, 1.807) is 0 Å². The van der Waals surface area contributed by atoms with Gasteiger partial charge in [-0.1, -0.05) is 19.9 Å². The molecule has 0 bridgehead atoms. The molecule has 0 fully saturated rings. The number of ether oxygens (including phenoxy) is 2. The van der Waals surface area contributed by atoms with Crippen LogP contribution in [0, 0.1) is 0 Å². The third-order valence-corrected chi connectivity index (χ3v) is 2.24. The molecule has 0 aromatic heterocycles. The third-order valence-electron chi connectivity index (χ3n) is 1.98. The molecule has 0 heterocycles. The average molecular weight is 236 g/mol. The van der Waals surface area contributed by atoms with E-state index in [9.17, 15) is 0 Å². The van der Waals surface area contributed by atoms with Crippen molar-refractivity contribution in [3.63, 3.8) is 0 Å². The number of hydrogen-bond donors (Lipinski definition) is 0. The Kier molecular flexibility index (Phi) is 6.14. The maximum atomic E-state index is 5.64. The van der Waals surface area contributed by atoms with Crippen molar-refractivity contribution in [3.8, 4) is 17.2 Å². The lowest BCUT2D eigenvalue weighted by molar-refractivity contribution is 0.263. The Balaban J connectivity index is 2.86. The van der Waals surface area contributed by atoms with Crippen molar-refractivity contribution in [2.45, 2.75) is 26.7 Å². The second kappa shape index (κ2) is 7.43. The highest BCUT2D eigenvalue weighted by Gasteiger charge is 2.10. The van der Waals surface area contributed by atoms with E-state index < -0.39 is 0 Å². The van der Waals surface area contributed by atoms with Crippen molar-refractivity contribution in [1.29, 1.82) is 0 Å². The van der Waals surface area contributed by atoms with Gasteiger partial charge in [-0.05, 0) is 25.0 Å². The summed E-state index contributed by atoms with van der Waals surface area (Å²) in [6.45, 7) is 5.48. The topological polar surface area (TPSA) is 27.7 Å². The van der Waals surface area contributed by atoms with E-state index in [1.807, 2.05) is 18.2 Å². The second-order valence-electron chi connectivity index (χ2n) is 3.40. The molecule has 0 saturated carbocycles. The van der Waals surface area contributed by atoms with Crippen LogP contribution in [-0.4, -0.2) is 29.8 Å². The van der Waals surface area contributed by atoms with Gasteiger partial charge in [-0.3, -0.25) is 0 Å². The molecule has 0 amide bonds. The number of rotatable bonds is 7. The van der Waals surface area contributed by atoms with Crippen LogP contribution in [0.5, 0.6) is 17.2 Å². The third kappa shape index (κ3) is 3.62. The maximum absolute atomic E-state index is 5.64. The smallest absolute Gasteiger partial charge is 0.482 e. The Morgan fingerprint density at radius 1 is 1.00 bits per heavy atom. The first-order valence-electron chi connectivity index (χ1n) is 5.58. The first kappa shape index (κ1) is 13.2. The molecule has 1 rings (SSSR count). The van der Waals surface area contributed by atoms with E-state index in [0.717, 1.165) is 18.6 Å².